The molecule has 17 heavy (non-hydrogen) atoms. The van der Waals surface area contributed by atoms with Crippen molar-refractivity contribution in [3.05, 3.63) is 40.8 Å². The molecule has 0 radical (unpaired) electrons. The highest BCUT2D eigenvalue weighted by atomic mass is 32.2. The molecule has 1 aromatic rings. The molecule has 0 saturated heterocycles. The van der Waals surface area contributed by atoms with Gasteiger partial charge >= 0.3 is 0 Å². The largest absolute Gasteiger partial charge is 0.219 e. The Morgan fingerprint density at radius 2 is 1.59 bits per heavy atom. The normalized spacial score (nSPS) is 16.9. The van der Waals surface area contributed by atoms with Gasteiger partial charge in [0, 0.05) is 4.91 Å². The van der Waals surface area contributed by atoms with E-state index in [1.54, 1.807) is 31.2 Å². The first-order valence-corrected chi connectivity index (χ1v) is 7.59. The highest BCUT2D eigenvalue weighted by Gasteiger charge is 2.21. The van der Waals surface area contributed by atoms with Crippen LogP contribution in [0.2, 0.25) is 0 Å². The summed E-state index contributed by atoms with van der Waals surface area (Å²) in [4.78, 5) is 0.985. The number of allylic oxidation sites excluding steroid dienone is 2. The number of hydrogen-bond donors (Lipinski definition) is 0. The number of benzene rings is 1. The van der Waals surface area contributed by atoms with Crippen LogP contribution in [0.25, 0.3) is 0 Å². The predicted octanol–water partition coefficient (Wildman–Crippen LogP) is 3.70. The van der Waals surface area contributed by atoms with Gasteiger partial charge in [-0.15, -0.1) is 0 Å². The Hall–Kier alpha value is -1.09. The molecule has 1 fully saturated rings. The van der Waals surface area contributed by atoms with Crippen molar-refractivity contribution < 1.29 is 8.42 Å². The van der Waals surface area contributed by atoms with Crippen molar-refractivity contribution in [3.8, 4) is 0 Å². The van der Waals surface area contributed by atoms with Gasteiger partial charge in [-0.25, -0.2) is 8.42 Å². The molecule has 0 heterocycles. The van der Waals surface area contributed by atoms with E-state index >= 15 is 0 Å². The van der Waals surface area contributed by atoms with Crippen LogP contribution in [0.15, 0.2) is 45.7 Å². The third-order valence-corrected chi connectivity index (χ3v) is 5.40. The third kappa shape index (κ3) is 2.60. The Labute approximate surface area is 103 Å². The summed E-state index contributed by atoms with van der Waals surface area (Å²) in [6.45, 7) is 1.75. The second-order valence-electron chi connectivity index (χ2n) is 4.54. The summed E-state index contributed by atoms with van der Waals surface area (Å²) < 4.78 is 24.7. The smallest absolute Gasteiger partial charge is 0.202 e. The molecular weight excluding hydrogens is 232 g/mol. The zero-order chi connectivity index (χ0) is 12.3. The quantitative estimate of drug-likeness (QED) is 0.802. The first-order chi connectivity index (χ1) is 8.12. The molecule has 0 N–H and O–H groups in total. The molecule has 0 aromatic heterocycles. The van der Waals surface area contributed by atoms with Crippen molar-refractivity contribution in [1.29, 1.82) is 0 Å². The lowest BCUT2D eigenvalue weighted by atomic mass is 9.95. The highest BCUT2D eigenvalue weighted by molar-refractivity contribution is 7.95. The van der Waals surface area contributed by atoms with Crippen LogP contribution in [0.5, 0.6) is 0 Å². The van der Waals surface area contributed by atoms with E-state index in [-0.39, 0.29) is 0 Å². The molecule has 2 nitrogen and oxygen atoms in total. The van der Waals surface area contributed by atoms with Gasteiger partial charge in [-0.2, -0.15) is 0 Å². The average molecular weight is 250 g/mol. The predicted molar refractivity (Wildman–Crippen MR) is 69.4 cm³/mol. The average Bonchev–Trinajstić information content (AvgIpc) is 2.40. The fraction of sp³-hybridized carbons (Fsp3) is 0.429. The Bertz CT molecular complexity index is 504. The van der Waals surface area contributed by atoms with Crippen molar-refractivity contribution >= 4 is 9.84 Å². The van der Waals surface area contributed by atoms with Gasteiger partial charge in [-0.05, 0) is 44.7 Å². The SMILES string of the molecule is CC(=C1CCCCC1)S(=O)(=O)c1ccccc1. The van der Waals surface area contributed by atoms with Crippen LogP contribution in [-0.2, 0) is 9.84 Å². The van der Waals surface area contributed by atoms with Crippen molar-refractivity contribution in [2.45, 2.75) is 43.9 Å². The zero-order valence-electron chi connectivity index (χ0n) is 10.1. The second-order valence-corrected chi connectivity index (χ2v) is 6.63. The van der Waals surface area contributed by atoms with Gasteiger partial charge in [-0.1, -0.05) is 30.2 Å². The van der Waals surface area contributed by atoms with Gasteiger partial charge in [0.05, 0.1) is 4.90 Å². The van der Waals surface area contributed by atoms with Gasteiger partial charge in [0.25, 0.3) is 0 Å². The molecule has 1 saturated carbocycles. The molecule has 1 aromatic carbocycles. The fourth-order valence-corrected chi connectivity index (χ4v) is 3.75. The molecule has 3 heteroatoms. The first kappa shape index (κ1) is 12.4. The van der Waals surface area contributed by atoms with Crippen molar-refractivity contribution in [2.24, 2.45) is 0 Å². The van der Waals surface area contributed by atoms with Crippen molar-refractivity contribution in [1.82, 2.24) is 0 Å². The summed E-state index contributed by atoms with van der Waals surface area (Å²) in [5.41, 5.74) is 1.13. The molecule has 0 amide bonds. The third-order valence-electron chi connectivity index (χ3n) is 3.41. The lowest BCUT2D eigenvalue weighted by Crippen LogP contribution is -2.07. The van der Waals surface area contributed by atoms with Gasteiger partial charge in [0.1, 0.15) is 0 Å². The van der Waals surface area contributed by atoms with E-state index in [1.807, 2.05) is 6.07 Å². The summed E-state index contributed by atoms with van der Waals surface area (Å²) in [6.07, 6.45) is 5.35. The molecule has 1 aliphatic carbocycles. The minimum Gasteiger partial charge on any atom is -0.219 e. The second kappa shape index (κ2) is 5.05. The van der Waals surface area contributed by atoms with Crippen LogP contribution in [-0.4, -0.2) is 8.42 Å². The van der Waals surface area contributed by atoms with Gasteiger partial charge in [0.2, 0.25) is 9.84 Å². The number of rotatable bonds is 2. The Kier molecular flexibility index (Phi) is 3.67. The summed E-state index contributed by atoms with van der Waals surface area (Å²) in [6, 6.07) is 8.71. The monoisotopic (exact) mass is 250 g/mol. The maximum absolute atomic E-state index is 12.4. The van der Waals surface area contributed by atoms with Crippen LogP contribution >= 0.6 is 0 Å². The van der Waals surface area contributed by atoms with Gasteiger partial charge in [0.15, 0.2) is 0 Å². The van der Waals surface area contributed by atoms with Crippen molar-refractivity contribution in [3.63, 3.8) is 0 Å². The zero-order valence-corrected chi connectivity index (χ0v) is 11.0. The molecule has 0 bridgehead atoms. The molecule has 0 atom stereocenters. The van der Waals surface area contributed by atoms with E-state index in [2.05, 4.69) is 0 Å². The van der Waals surface area contributed by atoms with E-state index in [1.165, 1.54) is 6.42 Å². The van der Waals surface area contributed by atoms with Crippen LogP contribution < -0.4 is 0 Å². The maximum atomic E-state index is 12.4. The molecule has 1 aliphatic rings. The maximum Gasteiger partial charge on any atom is 0.202 e. The van der Waals surface area contributed by atoms with Crippen molar-refractivity contribution in [2.75, 3.05) is 0 Å². The fourth-order valence-electron chi connectivity index (χ4n) is 2.30. The minimum atomic E-state index is -3.26. The molecule has 0 unspecified atom stereocenters. The van der Waals surface area contributed by atoms with E-state index in [9.17, 15) is 8.42 Å². The van der Waals surface area contributed by atoms with Crippen LogP contribution in [0, 0.1) is 0 Å². The van der Waals surface area contributed by atoms with E-state index in [0.29, 0.717) is 9.80 Å². The molecular formula is C14H18O2S. The van der Waals surface area contributed by atoms with Crippen LogP contribution in [0.1, 0.15) is 39.0 Å². The first-order valence-electron chi connectivity index (χ1n) is 6.11. The van der Waals surface area contributed by atoms with Gasteiger partial charge in [-0.3, -0.25) is 0 Å². The Balaban J connectivity index is 2.39. The Morgan fingerprint density at radius 1 is 1.00 bits per heavy atom. The number of hydrogen-bond acceptors (Lipinski definition) is 2. The number of sulfone groups is 1. The molecule has 0 aliphatic heterocycles. The summed E-state index contributed by atoms with van der Waals surface area (Å²) in [5.74, 6) is 0. The lowest BCUT2D eigenvalue weighted by molar-refractivity contribution is 0.585. The molecule has 92 valence electrons. The van der Waals surface area contributed by atoms with E-state index in [0.717, 1.165) is 31.3 Å². The van der Waals surface area contributed by atoms with Crippen LogP contribution in [0.4, 0.5) is 0 Å². The van der Waals surface area contributed by atoms with E-state index < -0.39 is 9.84 Å². The summed E-state index contributed by atoms with van der Waals surface area (Å²) in [5, 5.41) is 0. The molecule has 2 rings (SSSR count). The topological polar surface area (TPSA) is 34.1 Å². The highest BCUT2D eigenvalue weighted by Crippen LogP contribution is 2.30. The minimum absolute atomic E-state index is 0.413. The van der Waals surface area contributed by atoms with Gasteiger partial charge < -0.3 is 0 Å². The summed E-state index contributed by atoms with van der Waals surface area (Å²) >= 11 is 0. The Morgan fingerprint density at radius 3 is 2.18 bits per heavy atom. The van der Waals surface area contributed by atoms with Crippen LogP contribution in [0.3, 0.4) is 0 Å². The summed E-state index contributed by atoms with van der Waals surface area (Å²) in [7, 11) is -3.26. The lowest BCUT2D eigenvalue weighted by Gasteiger charge is -2.17. The standard InChI is InChI=1S/C14H18O2S/c1-12(13-8-4-2-5-9-13)17(15,16)14-10-6-3-7-11-14/h3,6-7,10-11H,2,4-5,8-9H2,1H3. The van der Waals surface area contributed by atoms with E-state index in [4.69, 9.17) is 0 Å². The molecule has 0 spiro atoms.